The Morgan fingerprint density at radius 1 is 1.13 bits per heavy atom. The molecule has 4 heterocycles. The highest BCUT2D eigenvalue weighted by Crippen LogP contribution is 2.30. The van der Waals surface area contributed by atoms with E-state index in [2.05, 4.69) is 35.8 Å². The molecular formula is C22H15Cl2F3N10O2. The normalized spacial score (nSPS) is 11.7. The largest absolute Gasteiger partial charge is 0.436 e. The van der Waals surface area contributed by atoms with Crippen LogP contribution in [0.2, 0.25) is 10.0 Å². The van der Waals surface area contributed by atoms with Crippen molar-refractivity contribution in [3.63, 3.8) is 0 Å². The summed E-state index contributed by atoms with van der Waals surface area (Å²) in [7, 11) is 0. The van der Waals surface area contributed by atoms with E-state index < -0.39 is 23.7 Å². The predicted octanol–water partition coefficient (Wildman–Crippen LogP) is 3.77. The molecule has 0 unspecified atom stereocenters. The van der Waals surface area contributed by atoms with Crippen LogP contribution in [0.5, 0.6) is 0 Å². The van der Waals surface area contributed by atoms with E-state index in [4.69, 9.17) is 28.9 Å². The fourth-order valence-corrected chi connectivity index (χ4v) is 4.32. The van der Waals surface area contributed by atoms with Gasteiger partial charge in [0.15, 0.2) is 11.5 Å². The Bertz CT molecular complexity index is 1760. The molecule has 5 rings (SSSR count). The number of carbonyl (C=O) groups excluding carboxylic acids is 2. The van der Waals surface area contributed by atoms with Crippen molar-refractivity contribution in [2.45, 2.75) is 19.6 Å². The fourth-order valence-electron chi connectivity index (χ4n) is 3.86. The van der Waals surface area contributed by atoms with Crippen LogP contribution >= 0.6 is 23.2 Å². The summed E-state index contributed by atoms with van der Waals surface area (Å²) < 4.78 is 40.0. The Labute approximate surface area is 225 Å². The van der Waals surface area contributed by atoms with Gasteiger partial charge in [-0.1, -0.05) is 23.2 Å². The molecule has 17 heteroatoms. The first-order valence-electron chi connectivity index (χ1n) is 10.9. The van der Waals surface area contributed by atoms with Gasteiger partial charge in [0.25, 0.3) is 11.8 Å². The minimum atomic E-state index is -4.69. The lowest BCUT2D eigenvalue weighted by molar-refractivity contribution is -0.141. The first kappa shape index (κ1) is 26.1. The van der Waals surface area contributed by atoms with E-state index in [-0.39, 0.29) is 45.0 Å². The van der Waals surface area contributed by atoms with Crippen LogP contribution in [0.3, 0.4) is 0 Å². The number of nitrogens with zero attached hydrogens (tertiary/aromatic N) is 7. The Morgan fingerprint density at radius 3 is 2.56 bits per heavy atom. The van der Waals surface area contributed by atoms with Gasteiger partial charge in [-0.2, -0.15) is 33.3 Å². The third-order valence-corrected chi connectivity index (χ3v) is 6.02. The number of primary amides is 1. The van der Waals surface area contributed by atoms with Gasteiger partial charge in [-0.3, -0.25) is 14.7 Å². The summed E-state index contributed by atoms with van der Waals surface area (Å²) in [6.07, 6.45) is -1.33. The lowest BCUT2D eigenvalue weighted by Crippen LogP contribution is -2.22. The van der Waals surface area contributed by atoms with E-state index in [1.54, 1.807) is 13.0 Å². The van der Waals surface area contributed by atoms with Gasteiger partial charge in [-0.15, -0.1) is 5.10 Å². The second kappa shape index (κ2) is 9.67. The Morgan fingerprint density at radius 2 is 1.90 bits per heavy atom. The number of H-pyrrole nitrogens is 1. The number of nitrogens with two attached hydrogens (primary N) is 1. The smallest absolute Gasteiger partial charge is 0.365 e. The first-order valence-corrected chi connectivity index (χ1v) is 11.6. The summed E-state index contributed by atoms with van der Waals surface area (Å²) in [6.45, 7) is 1.34. The quantitative estimate of drug-likeness (QED) is 0.276. The molecule has 0 fully saturated rings. The second-order valence-electron chi connectivity index (χ2n) is 8.25. The number of carbonyl (C=O) groups is 2. The van der Waals surface area contributed by atoms with Crippen LogP contribution in [0, 0.1) is 6.92 Å². The standard InChI is InChI=1S/C22H15Cl2F3N10O2/c1-9-2-10-5-30-33-18(10)16(19(28)38)17(9)32-21(39)14-4-12(8-36-31-7-15(35-36)22(25,26)27)34-37(14)20-13(24)3-11(23)6-29-20/h2-7H,8H2,1H3,(H2,28,38)(H,30,33)(H,32,39). The Balaban J connectivity index is 1.58. The second-order valence-corrected chi connectivity index (χ2v) is 9.09. The van der Waals surface area contributed by atoms with E-state index in [1.165, 1.54) is 24.5 Å². The van der Waals surface area contributed by atoms with Gasteiger partial charge in [0, 0.05) is 11.6 Å². The van der Waals surface area contributed by atoms with Gasteiger partial charge in [-0.05, 0) is 30.7 Å². The predicted molar refractivity (Wildman–Crippen MR) is 133 cm³/mol. The van der Waals surface area contributed by atoms with Crippen molar-refractivity contribution in [2.24, 2.45) is 5.73 Å². The number of alkyl halides is 3. The van der Waals surface area contributed by atoms with Crippen LogP contribution in [0.15, 0.2) is 36.8 Å². The molecule has 0 spiro atoms. The molecule has 4 aromatic heterocycles. The maximum absolute atomic E-state index is 13.6. The monoisotopic (exact) mass is 578 g/mol. The summed E-state index contributed by atoms with van der Waals surface area (Å²) >= 11 is 12.3. The summed E-state index contributed by atoms with van der Waals surface area (Å²) in [4.78, 5) is 30.8. The molecule has 0 aliphatic heterocycles. The highest BCUT2D eigenvalue weighted by molar-refractivity contribution is 6.35. The molecule has 200 valence electrons. The number of rotatable bonds is 6. The molecule has 4 N–H and O–H groups in total. The summed E-state index contributed by atoms with van der Waals surface area (Å²) in [5.74, 6) is -1.56. The van der Waals surface area contributed by atoms with Crippen molar-refractivity contribution in [1.29, 1.82) is 0 Å². The maximum atomic E-state index is 13.6. The van der Waals surface area contributed by atoms with Crippen LogP contribution in [0.4, 0.5) is 18.9 Å². The van der Waals surface area contributed by atoms with Crippen molar-refractivity contribution in [2.75, 3.05) is 5.32 Å². The molecular weight excluding hydrogens is 564 g/mol. The van der Waals surface area contributed by atoms with Crippen LogP contribution in [0.1, 0.15) is 37.8 Å². The van der Waals surface area contributed by atoms with E-state index in [0.29, 0.717) is 22.7 Å². The SMILES string of the molecule is Cc1cc2cn[nH]c2c(C(N)=O)c1NC(=O)c1cc(Cn2ncc(C(F)(F)F)n2)nn1-c1ncc(Cl)cc1Cl. The number of halogens is 5. The van der Waals surface area contributed by atoms with Crippen LogP contribution < -0.4 is 11.1 Å². The third-order valence-electron chi connectivity index (χ3n) is 5.53. The van der Waals surface area contributed by atoms with E-state index >= 15 is 0 Å². The summed E-state index contributed by atoms with van der Waals surface area (Å²) in [5, 5.41) is 21.5. The lowest BCUT2D eigenvalue weighted by Gasteiger charge is -2.14. The summed E-state index contributed by atoms with van der Waals surface area (Å²) in [6, 6.07) is 4.37. The molecule has 12 nitrogen and oxygen atoms in total. The van der Waals surface area contributed by atoms with Gasteiger partial charge in [0.05, 0.1) is 44.9 Å². The number of anilines is 1. The number of aromatic nitrogens is 8. The number of amides is 2. The third kappa shape index (κ3) is 5.00. The zero-order chi connectivity index (χ0) is 28.1. The van der Waals surface area contributed by atoms with Crippen LogP contribution in [0.25, 0.3) is 16.7 Å². The van der Waals surface area contributed by atoms with Gasteiger partial charge >= 0.3 is 6.18 Å². The van der Waals surface area contributed by atoms with Gasteiger partial charge in [0.1, 0.15) is 12.2 Å². The molecule has 2 amide bonds. The molecule has 0 atom stereocenters. The van der Waals surface area contributed by atoms with E-state index in [1.807, 2.05) is 0 Å². The van der Waals surface area contributed by atoms with E-state index in [9.17, 15) is 22.8 Å². The number of benzene rings is 1. The number of aromatic amines is 1. The van der Waals surface area contributed by atoms with Crippen LogP contribution in [-0.4, -0.2) is 51.8 Å². The van der Waals surface area contributed by atoms with Crippen molar-refractivity contribution in [3.05, 3.63) is 75.0 Å². The molecule has 1 aromatic carbocycles. The minimum absolute atomic E-state index is 0.00482. The van der Waals surface area contributed by atoms with Crippen molar-refractivity contribution in [1.82, 2.24) is 40.0 Å². The molecule has 0 saturated heterocycles. The average molecular weight is 579 g/mol. The summed E-state index contributed by atoms with van der Waals surface area (Å²) in [5.41, 5.74) is 5.37. The number of hydrogen-bond donors (Lipinski definition) is 3. The number of fused-ring (bicyclic) bond motifs is 1. The molecule has 0 radical (unpaired) electrons. The molecule has 0 aliphatic rings. The average Bonchev–Trinajstić information content (AvgIpc) is 3.59. The molecule has 5 aromatic rings. The molecule has 0 aliphatic carbocycles. The lowest BCUT2D eigenvalue weighted by atomic mass is 10.0. The molecule has 0 saturated carbocycles. The number of nitrogens with one attached hydrogen (secondary N) is 2. The van der Waals surface area contributed by atoms with Crippen molar-refractivity contribution >= 4 is 51.6 Å². The highest BCUT2D eigenvalue weighted by Gasteiger charge is 2.34. The maximum Gasteiger partial charge on any atom is 0.436 e. The Hall–Kier alpha value is -4.50. The zero-order valence-electron chi connectivity index (χ0n) is 19.6. The Kier molecular flexibility index (Phi) is 6.47. The van der Waals surface area contributed by atoms with Gasteiger partial charge < -0.3 is 11.1 Å². The minimum Gasteiger partial charge on any atom is -0.365 e. The first-order chi connectivity index (χ1) is 18.4. The van der Waals surface area contributed by atoms with Crippen molar-refractivity contribution < 1.29 is 22.8 Å². The van der Waals surface area contributed by atoms with Crippen molar-refractivity contribution in [3.8, 4) is 5.82 Å². The van der Waals surface area contributed by atoms with Crippen LogP contribution in [-0.2, 0) is 12.7 Å². The number of pyridine rings is 1. The fraction of sp³-hybridized carbons (Fsp3) is 0.136. The topological polar surface area (TPSA) is 162 Å². The molecule has 39 heavy (non-hydrogen) atoms. The highest BCUT2D eigenvalue weighted by atomic mass is 35.5. The van der Waals surface area contributed by atoms with Gasteiger partial charge in [0.2, 0.25) is 0 Å². The van der Waals surface area contributed by atoms with Gasteiger partial charge in [-0.25, -0.2) is 9.67 Å². The molecule has 0 bridgehead atoms. The number of hydrogen-bond acceptors (Lipinski definition) is 7. The van der Waals surface area contributed by atoms with E-state index in [0.717, 1.165) is 9.48 Å². The number of aryl methyl sites for hydroxylation is 1. The zero-order valence-corrected chi connectivity index (χ0v) is 21.1.